The average molecular weight is 322 g/mol. The molecule has 0 bridgehead atoms. The van der Waals surface area contributed by atoms with Gasteiger partial charge in [-0.15, -0.1) is 0 Å². The summed E-state index contributed by atoms with van der Waals surface area (Å²) in [5.41, 5.74) is 3.45. The van der Waals surface area contributed by atoms with Crippen molar-refractivity contribution in [1.82, 2.24) is 9.97 Å². The first kappa shape index (κ1) is 15.7. The van der Waals surface area contributed by atoms with E-state index in [2.05, 4.69) is 15.3 Å². The molecule has 0 saturated heterocycles. The standard InChI is InChI=1S/C18H17N3O3/c22-16(6-3-7-17(23)24)19-13-10-8-12(9-11-13)18-20-14-4-1-2-5-15(14)21-18/h1-2,4-5,8-11H,3,6-7H2,(H,19,22)(H,20,21)(H,23,24)/p-1. The molecule has 24 heavy (non-hydrogen) atoms. The third-order valence-electron chi connectivity index (χ3n) is 3.62. The van der Waals surface area contributed by atoms with E-state index in [0.29, 0.717) is 5.69 Å². The van der Waals surface area contributed by atoms with Crippen LogP contribution in [-0.2, 0) is 9.59 Å². The number of carbonyl (C=O) groups is 2. The monoisotopic (exact) mass is 322 g/mol. The van der Waals surface area contributed by atoms with Crippen LogP contribution in [0, 0.1) is 0 Å². The summed E-state index contributed by atoms with van der Waals surface area (Å²) in [6.07, 6.45) is 0.308. The van der Waals surface area contributed by atoms with Crippen LogP contribution in [0.5, 0.6) is 0 Å². The molecular weight excluding hydrogens is 306 g/mol. The van der Waals surface area contributed by atoms with E-state index in [0.717, 1.165) is 22.4 Å². The van der Waals surface area contributed by atoms with Gasteiger partial charge in [0.1, 0.15) is 5.82 Å². The highest BCUT2D eigenvalue weighted by Crippen LogP contribution is 2.22. The van der Waals surface area contributed by atoms with E-state index in [-0.39, 0.29) is 25.2 Å². The van der Waals surface area contributed by atoms with Gasteiger partial charge in [0.2, 0.25) is 5.91 Å². The number of para-hydroxylation sites is 2. The first-order chi connectivity index (χ1) is 11.6. The van der Waals surface area contributed by atoms with Crippen molar-refractivity contribution < 1.29 is 14.7 Å². The molecule has 0 unspecified atom stereocenters. The minimum Gasteiger partial charge on any atom is -0.550 e. The second kappa shape index (κ2) is 6.95. The molecule has 2 N–H and O–H groups in total. The summed E-state index contributed by atoms with van der Waals surface area (Å²) in [5, 5.41) is 13.1. The number of carboxylic acid groups (broad SMARTS) is 1. The van der Waals surface area contributed by atoms with Crippen molar-refractivity contribution >= 4 is 28.6 Å². The van der Waals surface area contributed by atoms with Crippen LogP contribution in [0.3, 0.4) is 0 Å². The summed E-state index contributed by atoms with van der Waals surface area (Å²) in [6.45, 7) is 0. The molecule has 0 fully saturated rings. The third-order valence-corrected chi connectivity index (χ3v) is 3.62. The number of anilines is 1. The van der Waals surface area contributed by atoms with Crippen molar-refractivity contribution in [1.29, 1.82) is 0 Å². The number of amides is 1. The fraction of sp³-hybridized carbons (Fsp3) is 0.167. The van der Waals surface area contributed by atoms with Crippen LogP contribution in [-0.4, -0.2) is 21.8 Å². The zero-order valence-electron chi connectivity index (χ0n) is 12.9. The Kier molecular flexibility index (Phi) is 4.56. The van der Waals surface area contributed by atoms with Gasteiger partial charge in [0.15, 0.2) is 0 Å². The average Bonchev–Trinajstić information content (AvgIpc) is 2.99. The minimum absolute atomic E-state index is 0.113. The number of hydrogen-bond donors (Lipinski definition) is 2. The molecule has 6 heteroatoms. The first-order valence-electron chi connectivity index (χ1n) is 7.67. The van der Waals surface area contributed by atoms with Gasteiger partial charge in [0, 0.05) is 23.6 Å². The van der Waals surface area contributed by atoms with Gasteiger partial charge < -0.3 is 20.2 Å². The van der Waals surface area contributed by atoms with Gasteiger partial charge in [-0.1, -0.05) is 12.1 Å². The molecule has 0 saturated carbocycles. The predicted octanol–water partition coefficient (Wildman–Crippen LogP) is 2.09. The molecule has 122 valence electrons. The summed E-state index contributed by atoms with van der Waals surface area (Å²) in [6, 6.07) is 15.1. The van der Waals surface area contributed by atoms with E-state index in [1.807, 2.05) is 36.4 Å². The number of imidazole rings is 1. The molecule has 1 heterocycles. The summed E-state index contributed by atoms with van der Waals surface area (Å²) in [5.74, 6) is -0.589. The highest BCUT2D eigenvalue weighted by molar-refractivity contribution is 5.91. The number of nitrogens with zero attached hydrogens (tertiary/aromatic N) is 1. The Hall–Kier alpha value is -3.15. The van der Waals surface area contributed by atoms with Gasteiger partial charge in [-0.3, -0.25) is 4.79 Å². The van der Waals surface area contributed by atoms with Gasteiger partial charge in [-0.25, -0.2) is 4.98 Å². The maximum absolute atomic E-state index is 11.7. The number of nitrogens with one attached hydrogen (secondary N) is 2. The van der Waals surface area contributed by atoms with Gasteiger partial charge >= 0.3 is 0 Å². The Morgan fingerprint density at radius 3 is 2.50 bits per heavy atom. The van der Waals surface area contributed by atoms with Crippen molar-refractivity contribution in [2.24, 2.45) is 0 Å². The molecule has 3 rings (SSSR count). The highest BCUT2D eigenvalue weighted by Gasteiger charge is 2.06. The maximum atomic E-state index is 11.7. The van der Waals surface area contributed by atoms with Gasteiger partial charge in [-0.05, 0) is 49.2 Å². The molecule has 0 spiro atoms. The van der Waals surface area contributed by atoms with Crippen molar-refractivity contribution in [2.45, 2.75) is 19.3 Å². The topological polar surface area (TPSA) is 97.9 Å². The second-order valence-electron chi connectivity index (χ2n) is 5.45. The SMILES string of the molecule is O=C([O-])CCCC(=O)Nc1ccc(-c2nc3ccccc3[nH]2)cc1. The Balaban J connectivity index is 1.64. The number of hydrogen-bond acceptors (Lipinski definition) is 4. The lowest BCUT2D eigenvalue weighted by atomic mass is 10.2. The normalized spacial score (nSPS) is 10.7. The summed E-state index contributed by atoms with van der Waals surface area (Å²) < 4.78 is 0. The van der Waals surface area contributed by atoms with Gasteiger partial charge in [0.25, 0.3) is 0 Å². The Labute approximate surface area is 138 Å². The number of aromatic amines is 1. The number of H-pyrrole nitrogens is 1. The van der Waals surface area contributed by atoms with E-state index in [1.165, 1.54) is 0 Å². The van der Waals surface area contributed by atoms with Crippen LogP contribution in [0.4, 0.5) is 5.69 Å². The van der Waals surface area contributed by atoms with Crippen LogP contribution in [0.2, 0.25) is 0 Å². The molecule has 0 aliphatic carbocycles. The lowest BCUT2D eigenvalue weighted by Crippen LogP contribution is -2.22. The number of benzene rings is 2. The smallest absolute Gasteiger partial charge is 0.224 e. The quantitative estimate of drug-likeness (QED) is 0.726. The zero-order chi connectivity index (χ0) is 16.9. The predicted molar refractivity (Wildman–Crippen MR) is 89.0 cm³/mol. The van der Waals surface area contributed by atoms with Crippen LogP contribution in [0.15, 0.2) is 48.5 Å². The molecule has 0 radical (unpaired) electrons. The third kappa shape index (κ3) is 3.78. The van der Waals surface area contributed by atoms with Crippen LogP contribution in [0.25, 0.3) is 22.4 Å². The fourth-order valence-electron chi connectivity index (χ4n) is 2.42. The first-order valence-corrected chi connectivity index (χ1v) is 7.67. The summed E-state index contributed by atoms with van der Waals surface area (Å²) in [4.78, 5) is 29.8. The van der Waals surface area contributed by atoms with E-state index >= 15 is 0 Å². The largest absolute Gasteiger partial charge is 0.550 e. The number of carbonyl (C=O) groups excluding carboxylic acids is 2. The van der Waals surface area contributed by atoms with Gasteiger partial charge in [-0.2, -0.15) is 0 Å². The molecule has 0 aliphatic heterocycles. The highest BCUT2D eigenvalue weighted by atomic mass is 16.4. The maximum Gasteiger partial charge on any atom is 0.224 e. The number of rotatable bonds is 6. The molecular formula is C18H16N3O3-. The number of aromatic nitrogens is 2. The number of aliphatic carboxylic acids is 1. The zero-order valence-corrected chi connectivity index (χ0v) is 12.9. The number of fused-ring (bicyclic) bond motifs is 1. The molecule has 0 aliphatic rings. The van der Waals surface area contributed by atoms with Crippen LogP contribution < -0.4 is 10.4 Å². The van der Waals surface area contributed by atoms with E-state index in [9.17, 15) is 14.7 Å². The fourth-order valence-corrected chi connectivity index (χ4v) is 2.42. The molecule has 2 aromatic carbocycles. The van der Waals surface area contributed by atoms with E-state index in [1.54, 1.807) is 12.1 Å². The second-order valence-corrected chi connectivity index (χ2v) is 5.45. The molecule has 3 aromatic rings. The Bertz CT molecular complexity index is 836. The minimum atomic E-state index is -1.14. The van der Waals surface area contributed by atoms with E-state index < -0.39 is 5.97 Å². The lowest BCUT2D eigenvalue weighted by Gasteiger charge is -2.06. The van der Waals surface area contributed by atoms with Crippen molar-refractivity contribution in [3.05, 3.63) is 48.5 Å². The van der Waals surface area contributed by atoms with Gasteiger partial charge in [0.05, 0.1) is 11.0 Å². The van der Waals surface area contributed by atoms with Crippen molar-refractivity contribution in [2.75, 3.05) is 5.32 Å². The molecule has 1 aromatic heterocycles. The van der Waals surface area contributed by atoms with Crippen LogP contribution in [0.1, 0.15) is 19.3 Å². The summed E-state index contributed by atoms with van der Waals surface area (Å²) >= 11 is 0. The molecule has 6 nitrogen and oxygen atoms in total. The molecule has 0 atom stereocenters. The van der Waals surface area contributed by atoms with Crippen molar-refractivity contribution in [3.8, 4) is 11.4 Å². The lowest BCUT2D eigenvalue weighted by molar-refractivity contribution is -0.305. The van der Waals surface area contributed by atoms with Crippen molar-refractivity contribution in [3.63, 3.8) is 0 Å². The Morgan fingerprint density at radius 1 is 1.04 bits per heavy atom. The molecule has 1 amide bonds. The summed E-state index contributed by atoms with van der Waals surface area (Å²) in [7, 11) is 0. The number of carboxylic acids is 1. The van der Waals surface area contributed by atoms with E-state index in [4.69, 9.17) is 0 Å². The van der Waals surface area contributed by atoms with Crippen LogP contribution >= 0.6 is 0 Å². The Morgan fingerprint density at radius 2 is 1.79 bits per heavy atom.